The Morgan fingerprint density at radius 1 is 1.27 bits per heavy atom. The maximum Gasteiger partial charge on any atom is 0.416 e. The Morgan fingerprint density at radius 3 is 2.41 bits per heavy atom. The van der Waals surface area contributed by atoms with Crippen molar-refractivity contribution in [2.24, 2.45) is 5.92 Å². The molecule has 6 heteroatoms. The van der Waals surface area contributed by atoms with Crippen molar-refractivity contribution < 1.29 is 23.1 Å². The second-order valence-corrected chi connectivity index (χ2v) is 5.83. The SMILES string of the molecule is CC(Cc1cn(C(C)C)c2cc(C(F)(F)F)ccc12)C(=O)O. The lowest BCUT2D eigenvalue weighted by Gasteiger charge is -2.11. The normalized spacial score (nSPS) is 13.8. The summed E-state index contributed by atoms with van der Waals surface area (Å²) in [6.07, 6.45) is -2.35. The number of carbonyl (C=O) groups is 1. The van der Waals surface area contributed by atoms with Gasteiger partial charge in [0.25, 0.3) is 0 Å². The Labute approximate surface area is 126 Å². The highest BCUT2D eigenvalue weighted by atomic mass is 19.4. The molecule has 0 saturated carbocycles. The molecule has 0 saturated heterocycles. The van der Waals surface area contributed by atoms with Crippen LogP contribution in [-0.4, -0.2) is 15.6 Å². The number of nitrogens with zero attached hydrogens (tertiary/aromatic N) is 1. The van der Waals surface area contributed by atoms with Gasteiger partial charge in [0.2, 0.25) is 0 Å². The molecule has 0 amide bonds. The van der Waals surface area contributed by atoms with Gasteiger partial charge in [-0.15, -0.1) is 0 Å². The summed E-state index contributed by atoms with van der Waals surface area (Å²) < 4.78 is 40.4. The standard InChI is InChI=1S/C16H18F3NO2/c1-9(2)20-8-11(6-10(3)15(21)22)13-5-4-12(7-14(13)20)16(17,18)19/h4-5,7-10H,6H2,1-3H3,(H,21,22). The largest absolute Gasteiger partial charge is 0.481 e. The van der Waals surface area contributed by atoms with Gasteiger partial charge < -0.3 is 9.67 Å². The number of halogens is 3. The molecule has 0 bridgehead atoms. The molecule has 0 aliphatic heterocycles. The molecule has 0 fully saturated rings. The molecule has 22 heavy (non-hydrogen) atoms. The van der Waals surface area contributed by atoms with Crippen LogP contribution in [0.4, 0.5) is 13.2 Å². The lowest BCUT2D eigenvalue weighted by Crippen LogP contribution is -2.12. The van der Waals surface area contributed by atoms with Crippen LogP contribution in [0.1, 0.15) is 37.9 Å². The molecule has 3 nitrogen and oxygen atoms in total. The number of fused-ring (bicyclic) bond motifs is 1. The summed E-state index contributed by atoms with van der Waals surface area (Å²) in [6.45, 7) is 5.35. The quantitative estimate of drug-likeness (QED) is 0.902. The van der Waals surface area contributed by atoms with E-state index in [0.717, 1.165) is 17.7 Å². The average molecular weight is 313 g/mol. The molecule has 120 valence electrons. The predicted molar refractivity (Wildman–Crippen MR) is 77.8 cm³/mol. The van der Waals surface area contributed by atoms with Crippen LogP contribution in [0.25, 0.3) is 10.9 Å². The molecule has 0 aliphatic carbocycles. The van der Waals surface area contributed by atoms with Crippen molar-refractivity contribution in [2.75, 3.05) is 0 Å². The Balaban J connectivity index is 2.58. The third-order valence-electron chi connectivity index (χ3n) is 3.75. The number of hydrogen-bond acceptors (Lipinski definition) is 1. The molecule has 1 aromatic heterocycles. The third kappa shape index (κ3) is 3.10. The number of hydrogen-bond donors (Lipinski definition) is 1. The minimum absolute atomic E-state index is 0.0140. The molecule has 1 N–H and O–H groups in total. The van der Waals surface area contributed by atoms with Gasteiger partial charge in [-0.25, -0.2) is 0 Å². The molecule has 0 spiro atoms. The van der Waals surface area contributed by atoms with Gasteiger partial charge in [-0.2, -0.15) is 13.2 Å². The minimum Gasteiger partial charge on any atom is -0.481 e. The van der Waals surface area contributed by atoms with Crippen LogP contribution in [-0.2, 0) is 17.4 Å². The van der Waals surface area contributed by atoms with Crippen molar-refractivity contribution in [1.29, 1.82) is 0 Å². The number of carboxylic acids is 1. The molecule has 2 rings (SSSR count). The highest BCUT2D eigenvalue weighted by Crippen LogP contribution is 2.34. The van der Waals surface area contributed by atoms with Gasteiger partial charge in [0.15, 0.2) is 0 Å². The second-order valence-electron chi connectivity index (χ2n) is 5.83. The summed E-state index contributed by atoms with van der Waals surface area (Å²) in [5.74, 6) is -1.51. The number of rotatable bonds is 4. The second kappa shape index (κ2) is 5.66. The molecule has 0 aliphatic rings. The molecule has 1 heterocycles. The maximum absolute atomic E-state index is 12.9. The van der Waals surface area contributed by atoms with Crippen LogP contribution in [0.5, 0.6) is 0 Å². The molecule has 1 atom stereocenters. The summed E-state index contributed by atoms with van der Waals surface area (Å²) in [5.41, 5.74) is 0.544. The van der Waals surface area contributed by atoms with Crippen LogP contribution in [0.3, 0.4) is 0 Å². The summed E-state index contributed by atoms with van der Waals surface area (Å²) in [7, 11) is 0. The summed E-state index contributed by atoms with van der Waals surface area (Å²) in [5, 5.41) is 9.70. The van der Waals surface area contributed by atoms with E-state index in [4.69, 9.17) is 5.11 Å². The van der Waals surface area contributed by atoms with Gasteiger partial charge in [-0.05, 0) is 38.0 Å². The van der Waals surface area contributed by atoms with Crippen LogP contribution in [0, 0.1) is 5.92 Å². The Kier molecular flexibility index (Phi) is 4.22. The first-order valence-corrected chi connectivity index (χ1v) is 7.04. The first kappa shape index (κ1) is 16.4. The third-order valence-corrected chi connectivity index (χ3v) is 3.75. The van der Waals surface area contributed by atoms with Crippen molar-refractivity contribution >= 4 is 16.9 Å². The van der Waals surface area contributed by atoms with Crippen molar-refractivity contribution in [3.8, 4) is 0 Å². The molecule has 1 unspecified atom stereocenters. The van der Waals surface area contributed by atoms with Gasteiger partial charge in [0.1, 0.15) is 0 Å². The predicted octanol–water partition coefficient (Wildman–Crippen LogP) is 4.50. The van der Waals surface area contributed by atoms with Crippen LogP contribution in [0.2, 0.25) is 0 Å². The van der Waals surface area contributed by atoms with E-state index >= 15 is 0 Å². The van der Waals surface area contributed by atoms with Gasteiger partial charge in [0, 0.05) is 23.1 Å². The van der Waals surface area contributed by atoms with Crippen molar-refractivity contribution in [1.82, 2.24) is 4.57 Å². The van der Waals surface area contributed by atoms with E-state index < -0.39 is 23.6 Å². The summed E-state index contributed by atoms with van der Waals surface area (Å²) in [6, 6.07) is 3.59. The van der Waals surface area contributed by atoms with E-state index in [0.29, 0.717) is 10.9 Å². The van der Waals surface area contributed by atoms with E-state index in [9.17, 15) is 18.0 Å². The topological polar surface area (TPSA) is 42.2 Å². The zero-order valence-corrected chi connectivity index (χ0v) is 12.6. The zero-order valence-electron chi connectivity index (χ0n) is 12.6. The number of aromatic nitrogens is 1. The van der Waals surface area contributed by atoms with Crippen molar-refractivity contribution in [2.45, 2.75) is 39.4 Å². The van der Waals surface area contributed by atoms with Gasteiger partial charge in [0.05, 0.1) is 11.5 Å². The van der Waals surface area contributed by atoms with Gasteiger partial charge in [-0.3, -0.25) is 4.79 Å². The van der Waals surface area contributed by atoms with Crippen LogP contribution in [0.15, 0.2) is 24.4 Å². The molecule has 2 aromatic rings. The van der Waals surface area contributed by atoms with Crippen LogP contribution >= 0.6 is 0 Å². The average Bonchev–Trinajstić information content (AvgIpc) is 2.76. The Morgan fingerprint density at radius 2 is 1.91 bits per heavy atom. The fourth-order valence-electron chi connectivity index (χ4n) is 2.51. The zero-order chi connectivity index (χ0) is 16.7. The van der Waals surface area contributed by atoms with Gasteiger partial charge >= 0.3 is 12.1 Å². The Hall–Kier alpha value is -1.98. The lowest BCUT2D eigenvalue weighted by molar-refractivity contribution is -0.141. The highest BCUT2D eigenvalue weighted by Gasteiger charge is 2.31. The van der Waals surface area contributed by atoms with E-state index in [1.54, 1.807) is 17.7 Å². The lowest BCUT2D eigenvalue weighted by atomic mass is 10.0. The first-order valence-electron chi connectivity index (χ1n) is 7.04. The molecular formula is C16H18F3NO2. The van der Waals surface area contributed by atoms with Crippen LogP contribution < -0.4 is 0 Å². The molecule has 0 radical (unpaired) electrons. The van der Waals surface area contributed by atoms with Crippen molar-refractivity contribution in [3.63, 3.8) is 0 Å². The van der Waals surface area contributed by atoms with Gasteiger partial charge in [-0.1, -0.05) is 13.0 Å². The van der Waals surface area contributed by atoms with Crippen molar-refractivity contribution in [3.05, 3.63) is 35.5 Å². The smallest absolute Gasteiger partial charge is 0.416 e. The first-order chi connectivity index (χ1) is 10.1. The fraction of sp³-hybridized carbons (Fsp3) is 0.438. The molecule has 1 aromatic carbocycles. The van der Waals surface area contributed by atoms with E-state index in [-0.39, 0.29) is 12.5 Å². The highest BCUT2D eigenvalue weighted by molar-refractivity contribution is 5.85. The fourth-order valence-corrected chi connectivity index (χ4v) is 2.51. The van der Waals surface area contributed by atoms with E-state index in [1.807, 2.05) is 13.8 Å². The number of carboxylic acid groups (broad SMARTS) is 1. The van der Waals surface area contributed by atoms with E-state index in [1.165, 1.54) is 6.07 Å². The number of alkyl halides is 3. The number of benzene rings is 1. The molecular weight excluding hydrogens is 295 g/mol. The maximum atomic E-state index is 12.9. The van der Waals surface area contributed by atoms with E-state index in [2.05, 4.69) is 0 Å². The Bertz CT molecular complexity index is 701. The summed E-state index contributed by atoms with van der Waals surface area (Å²) in [4.78, 5) is 11.0. The summed E-state index contributed by atoms with van der Waals surface area (Å²) >= 11 is 0. The minimum atomic E-state index is -4.39. The monoisotopic (exact) mass is 313 g/mol. The number of aliphatic carboxylic acids is 1.